The third-order valence-corrected chi connectivity index (χ3v) is 4.77. The summed E-state index contributed by atoms with van der Waals surface area (Å²) in [5.74, 6) is -0.123. The molecule has 0 saturated heterocycles. The fourth-order valence-electron chi connectivity index (χ4n) is 2.03. The van der Waals surface area contributed by atoms with Gasteiger partial charge in [0.05, 0.1) is 13.7 Å². The molecular weight excluding hydrogens is 566 g/mol. The van der Waals surface area contributed by atoms with Gasteiger partial charge in [0.15, 0.2) is 0 Å². The smallest absolute Gasteiger partial charge is 0.408 e. The van der Waals surface area contributed by atoms with Crippen LogP contribution in [0.4, 0.5) is 4.79 Å². The lowest BCUT2D eigenvalue weighted by molar-refractivity contribution is -0.123. The number of phenolic OH excluding ortho intramolecular Hbond substituents is 1. The molecule has 0 aromatic heterocycles. The lowest BCUT2D eigenvalue weighted by Gasteiger charge is -2.23. The monoisotopic (exact) mass is 590 g/mol. The molecule has 146 valence electrons. The van der Waals surface area contributed by atoms with E-state index in [0.717, 1.165) is 5.56 Å². The fourth-order valence-corrected chi connectivity index (χ4v) is 3.93. The summed E-state index contributed by atoms with van der Waals surface area (Å²) in [6, 6.07) is 2.76. The Labute approximate surface area is 180 Å². The zero-order valence-electron chi connectivity index (χ0n) is 15.2. The second-order valence-electron chi connectivity index (χ2n) is 6.59. The maximum atomic E-state index is 12.5. The van der Waals surface area contributed by atoms with Crippen LogP contribution in [0.25, 0.3) is 0 Å². The van der Waals surface area contributed by atoms with Crippen molar-refractivity contribution in [1.29, 1.82) is 0 Å². The van der Waals surface area contributed by atoms with E-state index in [9.17, 15) is 14.7 Å². The van der Waals surface area contributed by atoms with Crippen molar-refractivity contribution < 1.29 is 24.2 Å². The van der Waals surface area contributed by atoms with Crippen molar-refractivity contribution in [3.05, 3.63) is 24.8 Å². The Kier molecular flexibility index (Phi) is 9.38. The Hall–Kier alpha value is -0.820. The number of carbonyl (C=O) groups is 2. The minimum absolute atomic E-state index is 0.205. The predicted molar refractivity (Wildman–Crippen MR) is 115 cm³/mol. The van der Waals surface area contributed by atoms with Crippen LogP contribution in [0.2, 0.25) is 0 Å². The summed E-state index contributed by atoms with van der Waals surface area (Å²) in [6.07, 6.45) is -0.391. The number of aromatic hydroxyl groups is 1. The molecule has 0 saturated carbocycles. The molecule has 0 unspecified atom stereocenters. The number of carbonyl (C=O) groups excluding carboxylic acids is 2. The number of nitrogens with one attached hydrogen (secondary N) is 2. The summed E-state index contributed by atoms with van der Waals surface area (Å²) in [4.78, 5) is 24.6. The van der Waals surface area contributed by atoms with Crippen molar-refractivity contribution in [2.75, 3.05) is 20.3 Å². The third kappa shape index (κ3) is 8.25. The van der Waals surface area contributed by atoms with Crippen molar-refractivity contribution in [2.45, 2.75) is 38.8 Å². The minimum Gasteiger partial charge on any atom is -0.506 e. The number of methoxy groups -OCH3 is 1. The second kappa shape index (κ2) is 10.5. The predicted octanol–water partition coefficient (Wildman–Crippen LogP) is 2.80. The van der Waals surface area contributed by atoms with E-state index in [-0.39, 0.29) is 18.1 Å². The van der Waals surface area contributed by atoms with Crippen molar-refractivity contribution in [3.63, 3.8) is 0 Å². The van der Waals surface area contributed by atoms with E-state index in [2.05, 4.69) is 10.6 Å². The first-order valence-corrected chi connectivity index (χ1v) is 10.1. The summed E-state index contributed by atoms with van der Waals surface area (Å²) >= 11 is 4.05. The lowest BCUT2D eigenvalue weighted by atomic mass is 10.1. The van der Waals surface area contributed by atoms with Crippen LogP contribution in [0.1, 0.15) is 26.3 Å². The van der Waals surface area contributed by atoms with Crippen LogP contribution in [0.5, 0.6) is 5.75 Å². The number of alkyl carbamates (subject to hydrolysis) is 1. The molecule has 9 heteroatoms. The molecule has 0 aliphatic rings. The highest BCUT2D eigenvalue weighted by molar-refractivity contribution is 14.1. The standard InChI is InChI=1S/C17H24I2N2O5/c1-17(2,3)26-16(24)21-13(15(23)20-5-6-25-4)9-10-7-11(18)14(22)12(19)8-10/h7-8,13,22H,5-6,9H2,1-4H3,(H,20,23)(H,21,24)/t13-/m1/s1. The average molecular weight is 590 g/mol. The van der Waals surface area contributed by atoms with Crippen molar-refractivity contribution in [3.8, 4) is 5.75 Å². The minimum atomic E-state index is -0.808. The van der Waals surface area contributed by atoms with Crippen LogP contribution in [0, 0.1) is 7.14 Å². The third-order valence-electron chi connectivity index (χ3n) is 3.13. The Morgan fingerprint density at radius 2 is 1.81 bits per heavy atom. The van der Waals surface area contributed by atoms with Crippen LogP contribution in [-0.2, 0) is 20.7 Å². The fraction of sp³-hybridized carbons (Fsp3) is 0.529. The van der Waals surface area contributed by atoms with Crippen LogP contribution >= 0.6 is 45.2 Å². The summed E-state index contributed by atoms with van der Waals surface area (Å²) in [5, 5.41) is 15.2. The number of ether oxygens (including phenoxy) is 2. The first-order chi connectivity index (χ1) is 12.0. The molecule has 1 aromatic carbocycles. The van der Waals surface area contributed by atoms with Crippen LogP contribution in [-0.4, -0.2) is 49.0 Å². The van der Waals surface area contributed by atoms with Gasteiger partial charge in [0.1, 0.15) is 17.4 Å². The van der Waals surface area contributed by atoms with Crippen LogP contribution in [0.15, 0.2) is 12.1 Å². The van der Waals surface area contributed by atoms with E-state index < -0.39 is 17.7 Å². The summed E-state index contributed by atoms with van der Waals surface area (Å²) < 4.78 is 11.5. The molecule has 1 atom stereocenters. The van der Waals surface area contributed by atoms with E-state index in [1.807, 2.05) is 45.2 Å². The molecule has 0 fully saturated rings. The summed E-state index contributed by atoms with van der Waals surface area (Å²) in [7, 11) is 1.54. The lowest BCUT2D eigenvalue weighted by Crippen LogP contribution is -2.49. The topological polar surface area (TPSA) is 96.9 Å². The number of benzene rings is 1. The van der Waals surface area contributed by atoms with Gasteiger partial charge in [-0.3, -0.25) is 4.79 Å². The molecule has 1 rings (SSSR count). The zero-order valence-corrected chi connectivity index (χ0v) is 19.5. The van der Waals surface area contributed by atoms with Gasteiger partial charge >= 0.3 is 6.09 Å². The van der Waals surface area contributed by atoms with E-state index in [4.69, 9.17) is 9.47 Å². The largest absolute Gasteiger partial charge is 0.506 e. The molecule has 0 heterocycles. The number of halogens is 2. The highest BCUT2D eigenvalue weighted by Crippen LogP contribution is 2.27. The summed E-state index contributed by atoms with van der Waals surface area (Å²) in [5.41, 5.74) is 0.157. The van der Waals surface area contributed by atoms with E-state index in [0.29, 0.717) is 20.3 Å². The highest BCUT2D eigenvalue weighted by atomic mass is 127. The molecule has 0 spiro atoms. The van der Waals surface area contributed by atoms with Gasteiger partial charge in [-0.15, -0.1) is 0 Å². The van der Waals surface area contributed by atoms with Gasteiger partial charge in [-0.1, -0.05) is 0 Å². The molecule has 1 aromatic rings. The van der Waals surface area contributed by atoms with Crippen molar-refractivity contribution in [2.24, 2.45) is 0 Å². The number of rotatable bonds is 7. The summed E-state index contributed by atoms with van der Waals surface area (Å²) in [6.45, 7) is 5.98. The van der Waals surface area contributed by atoms with Gasteiger partial charge in [0, 0.05) is 20.1 Å². The van der Waals surface area contributed by atoms with Crippen LogP contribution in [0.3, 0.4) is 0 Å². The number of hydrogen-bond acceptors (Lipinski definition) is 5. The van der Waals surface area contributed by atoms with Crippen molar-refractivity contribution >= 4 is 57.2 Å². The molecule has 7 nitrogen and oxygen atoms in total. The van der Waals surface area contributed by atoms with E-state index in [1.165, 1.54) is 0 Å². The second-order valence-corrected chi connectivity index (χ2v) is 8.92. The van der Waals surface area contributed by atoms with E-state index >= 15 is 0 Å². The number of hydrogen-bond donors (Lipinski definition) is 3. The van der Waals surface area contributed by atoms with Gasteiger partial charge in [0.2, 0.25) is 5.91 Å². The molecular formula is C17H24I2N2O5. The quantitative estimate of drug-likeness (QED) is 0.336. The number of phenols is 1. The normalized spacial score (nSPS) is 12.4. The first-order valence-electron chi connectivity index (χ1n) is 7.96. The number of amides is 2. The molecule has 3 N–H and O–H groups in total. The molecule has 0 bridgehead atoms. The first kappa shape index (κ1) is 23.2. The zero-order chi connectivity index (χ0) is 19.9. The van der Waals surface area contributed by atoms with Gasteiger partial charge in [-0.2, -0.15) is 0 Å². The van der Waals surface area contributed by atoms with Gasteiger partial charge in [0.25, 0.3) is 0 Å². The van der Waals surface area contributed by atoms with Crippen molar-refractivity contribution in [1.82, 2.24) is 10.6 Å². The Morgan fingerprint density at radius 1 is 1.23 bits per heavy atom. The maximum Gasteiger partial charge on any atom is 0.408 e. The molecule has 0 aliphatic heterocycles. The van der Waals surface area contributed by atoms with E-state index in [1.54, 1.807) is 40.0 Å². The highest BCUT2D eigenvalue weighted by Gasteiger charge is 2.25. The maximum absolute atomic E-state index is 12.5. The van der Waals surface area contributed by atoms with Gasteiger partial charge in [-0.05, 0) is 83.6 Å². The molecule has 2 amide bonds. The Balaban J connectivity index is 2.92. The molecule has 0 aliphatic carbocycles. The van der Waals surface area contributed by atoms with Gasteiger partial charge in [-0.25, -0.2) is 4.79 Å². The molecule has 0 radical (unpaired) electrons. The van der Waals surface area contributed by atoms with Gasteiger partial charge < -0.3 is 25.2 Å². The SMILES string of the molecule is COCCNC(=O)[C@@H](Cc1cc(I)c(O)c(I)c1)NC(=O)OC(C)(C)C. The molecule has 26 heavy (non-hydrogen) atoms. The average Bonchev–Trinajstić information content (AvgIpc) is 2.50. The Morgan fingerprint density at radius 3 is 2.31 bits per heavy atom. The Bertz CT molecular complexity index is 624. The van der Waals surface area contributed by atoms with Crippen LogP contribution < -0.4 is 10.6 Å².